The van der Waals surface area contributed by atoms with Crippen LogP contribution in [0, 0.1) is 5.92 Å². The van der Waals surface area contributed by atoms with Crippen LogP contribution in [0.15, 0.2) is 24.3 Å². The molecule has 1 saturated carbocycles. The van der Waals surface area contributed by atoms with Crippen LogP contribution in [0.1, 0.15) is 24.8 Å². The maximum absolute atomic E-state index is 11.4. The van der Waals surface area contributed by atoms with Crippen molar-refractivity contribution < 1.29 is 13.2 Å². The molecule has 1 aromatic rings. The van der Waals surface area contributed by atoms with Gasteiger partial charge in [0.2, 0.25) is 15.9 Å². The third-order valence-corrected chi connectivity index (χ3v) is 3.75. The number of aryl methyl sites for hydroxylation is 1. The molecule has 110 valence electrons. The number of hydrogen-bond acceptors (Lipinski definition) is 3. The molecule has 1 aromatic carbocycles. The van der Waals surface area contributed by atoms with Gasteiger partial charge in [-0.15, -0.1) is 0 Å². The quantitative estimate of drug-likeness (QED) is 0.749. The van der Waals surface area contributed by atoms with Gasteiger partial charge in [-0.2, -0.15) is 0 Å². The van der Waals surface area contributed by atoms with Gasteiger partial charge in [0.15, 0.2) is 0 Å². The van der Waals surface area contributed by atoms with Crippen molar-refractivity contribution in [1.29, 1.82) is 0 Å². The van der Waals surface area contributed by atoms with E-state index in [1.54, 1.807) is 12.1 Å². The van der Waals surface area contributed by atoms with Gasteiger partial charge in [0, 0.05) is 18.2 Å². The molecule has 0 atom stereocenters. The summed E-state index contributed by atoms with van der Waals surface area (Å²) in [5.41, 5.74) is 1.70. The number of benzene rings is 1. The smallest absolute Gasteiger partial charge is 0.229 e. The van der Waals surface area contributed by atoms with E-state index in [-0.39, 0.29) is 11.8 Å². The predicted molar refractivity (Wildman–Crippen MR) is 79.0 cm³/mol. The number of hydrogen-bond donors (Lipinski definition) is 2. The third-order valence-electron chi connectivity index (χ3n) is 3.15. The van der Waals surface area contributed by atoms with Crippen molar-refractivity contribution in [3.05, 3.63) is 29.8 Å². The molecule has 1 aliphatic carbocycles. The molecule has 0 spiro atoms. The lowest BCUT2D eigenvalue weighted by Crippen LogP contribution is -2.26. The zero-order chi connectivity index (χ0) is 14.6. The fourth-order valence-corrected chi connectivity index (χ4v) is 2.51. The van der Waals surface area contributed by atoms with Crippen LogP contribution in [0.4, 0.5) is 5.69 Å². The van der Waals surface area contributed by atoms with Crippen molar-refractivity contribution in [2.24, 2.45) is 5.92 Å². The minimum absolute atomic E-state index is 0.178. The number of rotatable bonds is 7. The second kappa shape index (κ2) is 6.26. The van der Waals surface area contributed by atoms with Crippen molar-refractivity contribution in [3.8, 4) is 0 Å². The van der Waals surface area contributed by atoms with Crippen LogP contribution in [-0.2, 0) is 21.2 Å². The molecule has 0 heterocycles. The molecule has 1 fully saturated rings. The van der Waals surface area contributed by atoms with Gasteiger partial charge in [-0.25, -0.2) is 8.42 Å². The number of sulfonamides is 1. The molecule has 0 radical (unpaired) electrons. The maximum Gasteiger partial charge on any atom is 0.229 e. The summed E-state index contributed by atoms with van der Waals surface area (Å²) in [6, 6.07) is 7.30. The van der Waals surface area contributed by atoms with Gasteiger partial charge in [0.05, 0.1) is 6.26 Å². The minimum Gasteiger partial charge on any atom is -0.356 e. The molecule has 6 heteroatoms. The number of carbonyl (C=O) groups is 1. The summed E-state index contributed by atoms with van der Waals surface area (Å²) in [6.07, 6.45) is 4.94. The first-order valence-corrected chi connectivity index (χ1v) is 8.67. The van der Waals surface area contributed by atoms with E-state index in [1.165, 1.54) is 0 Å². The average Bonchev–Trinajstić information content (AvgIpc) is 3.18. The molecule has 1 aliphatic rings. The molecule has 0 aromatic heterocycles. The summed E-state index contributed by atoms with van der Waals surface area (Å²) in [7, 11) is -3.22. The number of nitrogens with one attached hydrogen (secondary N) is 2. The number of anilines is 1. The molecule has 2 rings (SSSR count). The van der Waals surface area contributed by atoms with Gasteiger partial charge in [-0.05, 0) is 43.4 Å². The summed E-state index contributed by atoms with van der Waals surface area (Å²) in [5, 5.41) is 2.93. The van der Waals surface area contributed by atoms with E-state index in [2.05, 4.69) is 10.0 Å². The van der Waals surface area contributed by atoms with Crippen LogP contribution in [0.2, 0.25) is 0 Å². The monoisotopic (exact) mass is 296 g/mol. The first-order chi connectivity index (χ1) is 9.44. The van der Waals surface area contributed by atoms with E-state index >= 15 is 0 Å². The Kier molecular flexibility index (Phi) is 4.65. The Hall–Kier alpha value is -1.56. The van der Waals surface area contributed by atoms with Crippen molar-refractivity contribution in [3.63, 3.8) is 0 Å². The van der Waals surface area contributed by atoms with Crippen molar-refractivity contribution >= 4 is 21.6 Å². The summed E-state index contributed by atoms with van der Waals surface area (Å²) in [5.74, 6) is 0.439. The zero-order valence-electron chi connectivity index (χ0n) is 11.6. The van der Waals surface area contributed by atoms with Crippen LogP contribution in [0.25, 0.3) is 0 Å². The molecule has 2 N–H and O–H groups in total. The highest BCUT2D eigenvalue weighted by Crippen LogP contribution is 2.28. The lowest BCUT2D eigenvalue weighted by molar-refractivity contribution is -0.122. The first-order valence-electron chi connectivity index (χ1n) is 6.78. The Balaban J connectivity index is 1.71. The summed E-state index contributed by atoms with van der Waals surface area (Å²) in [6.45, 7) is 0.693. The van der Waals surface area contributed by atoms with Crippen LogP contribution < -0.4 is 10.0 Å². The Morgan fingerprint density at radius 3 is 2.45 bits per heavy atom. The Morgan fingerprint density at radius 2 is 1.90 bits per heavy atom. The molecule has 1 amide bonds. The van der Waals surface area contributed by atoms with Gasteiger partial charge < -0.3 is 5.32 Å². The molecular weight excluding hydrogens is 276 g/mol. The summed E-state index contributed by atoms with van der Waals surface area (Å²) in [4.78, 5) is 11.4. The molecule has 0 unspecified atom stereocenters. The molecule has 0 saturated heterocycles. The molecule has 0 aliphatic heterocycles. The topological polar surface area (TPSA) is 75.3 Å². The van der Waals surface area contributed by atoms with E-state index in [9.17, 15) is 13.2 Å². The molecule has 5 nitrogen and oxygen atoms in total. The normalized spacial score (nSPS) is 14.8. The lowest BCUT2D eigenvalue weighted by Gasteiger charge is -2.06. The van der Waals surface area contributed by atoms with E-state index < -0.39 is 10.0 Å². The van der Waals surface area contributed by atoms with Gasteiger partial charge in [0.25, 0.3) is 0 Å². The Morgan fingerprint density at radius 1 is 1.25 bits per heavy atom. The van der Waals surface area contributed by atoms with Crippen LogP contribution >= 0.6 is 0 Å². The highest BCUT2D eigenvalue weighted by Gasteiger charge is 2.28. The molecular formula is C14H20N2O3S. The third kappa shape index (κ3) is 5.21. The zero-order valence-corrected chi connectivity index (χ0v) is 12.4. The number of amides is 1. The van der Waals surface area contributed by atoms with Crippen molar-refractivity contribution in [2.45, 2.75) is 25.7 Å². The maximum atomic E-state index is 11.4. The van der Waals surface area contributed by atoms with Gasteiger partial charge in [-0.3, -0.25) is 9.52 Å². The van der Waals surface area contributed by atoms with Crippen LogP contribution in [0.5, 0.6) is 0 Å². The highest BCUT2D eigenvalue weighted by molar-refractivity contribution is 7.92. The predicted octanol–water partition coefficient (Wildman–Crippen LogP) is 1.52. The van der Waals surface area contributed by atoms with Crippen LogP contribution in [0.3, 0.4) is 0 Å². The summed E-state index contributed by atoms with van der Waals surface area (Å²) < 4.78 is 24.6. The second-order valence-corrected chi connectivity index (χ2v) is 6.99. The van der Waals surface area contributed by atoms with Crippen LogP contribution in [-0.4, -0.2) is 27.1 Å². The lowest BCUT2D eigenvalue weighted by atomic mass is 10.1. The SMILES string of the molecule is CS(=O)(=O)Nc1ccc(CCCNC(=O)C2CC2)cc1. The Labute approximate surface area is 119 Å². The average molecular weight is 296 g/mol. The Bertz CT molecular complexity index is 563. The van der Waals surface area contributed by atoms with Gasteiger partial charge in [-0.1, -0.05) is 12.1 Å². The van der Waals surface area contributed by atoms with E-state index in [0.29, 0.717) is 12.2 Å². The minimum atomic E-state index is -3.22. The summed E-state index contributed by atoms with van der Waals surface area (Å²) >= 11 is 0. The second-order valence-electron chi connectivity index (χ2n) is 5.24. The standard InChI is InChI=1S/C14H20N2O3S/c1-20(18,19)16-13-8-4-11(5-9-13)3-2-10-15-14(17)12-6-7-12/h4-5,8-9,12,16H,2-3,6-7,10H2,1H3,(H,15,17). The largest absolute Gasteiger partial charge is 0.356 e. The van der Waals surface area contributed by atoms with E-state index in [1.807, 2.05) is 12.1 Å². The van der Waals surface area contributed by atoms with Crippen molar-refractivity contribution in [1.82, 2.24) is 5.32 Å². The van der Waals surface area contributed by atoms with Crippen molar-refractivity contribution in [2.75, 3.05) is 17.5 Å². The fourth-order valence-electron chi connectivity index (χ4n) is 1.95. The van der Waals surface area contributed by atoms with E-state index in [4.69, 9.17) is 0 Å². The first kappa shape index (κ1) is 14.8. The van der Waals surface area contributed by atoms with E-state index in [0.717, 1.165) is 37.5 Å². The molecule has 0 bridgehead atoms. The van der Waals surface area contributed by atoms with Gasteiger partial charge >= 0.3 is 0 Å². The molecule has 20 heavy (non-hydrogen) atoms. The highest BCUT2D eigenvalue weighted by atomic mass is 32.2. The fraction of sp³-hybridized carbons (Fsp3) is 0.500. The van der Waals surface area contributed by atoms with Gasteiger partial charge in [0.1, 0.15) is 0 Å². The number of carbonyl (C=O) groups excluding carboxylic acids is 1.